The lowest BCUT2D eigenvalue weighted by Gasteiger charge is -2.22. The summed E-state index contributed by atoms with van der Waals surface area (Å²) in [6, 6.07) is -0.290. The molecule has 6 heteroatoms. The third kappa shape index (κ3) is 2.39. The van der Waals surface area contributed by atoms with Crippen molar-refractivity contribution in [2.45, 2.75) is 38.0 Å². The molecule has 1 fully saturated rings. The highest BCUT2D eigenvalue weighted by Gasteiger charge is 2.28. The number of fused-ring (bicyclic) bond motifs is 1. The molecule has 2 unspecified atom stereocenters. The first-order valence-corrected chi connectivity index (χ1v) is 6.35. The van der Waals surface area contributed by atoms with Gasteiger partial charge < -0.3 is 14.5 Å². The number of nitrogens with zero attached hydrogens (tertiary/aromatic N) is 1. The molecule has 3 heterocycles. The Hall–Kier alpha value is -1.40. The summed E-state index contributed by atoms with van der Waals surface area (Å²) in [4.78, 5) is 19.2. The van der Waals surface area contributed by atoms with E-state index in [2.05, 4.69) is 15.3 Å². The summed E-state index contributed by atoms with van der Waals surface area (Å²) in [5.41, 5.74) is 2.01. The van der Waals surface area contributed by atoms with Gasteiger partial charge in [0.15, 0.2) is 0 Å². The summed E-state index contributed by atoms with van der Waals surface area (Å²) in [6.45, 7) is 1.78. The zero-order valence-electron chi connectivity index (χ0n) is 10.1. The van der Waals surface area contributed by atoms with Gasteiger partial charge in [0.2, 0.25) is 0 Å². The Morgan fingerprint density at radius 2 is 2.56 bits per heavy atom. The predicted molar refractivity (Wildman–Crippen MR) is 62.9 cm³/mol. The van der Waals surface area contributed by atoms with E-state index in [4.69, 9.17) is 9.47 Å². The predicted octanol–water partition coefficient (Wildman–Crippen LogP) is 0.146. The molecule has 18 heavy (non-hydrogen) atoms. The SMILES string of the molecule is O=C(OCC1CCCO1)C1Cc2nc[nH]c2CN1. The van der Waals surface area contributed by atoms with Gasteiger partial charge in [0.1, 0.15) is 12.6 Å². The van der Waals surface area contributed by atoms with Gasteiger partial charge in [0.05, 0.1) is 23.8 Å². The Labute approximate surface area is 105 Å². The van der Waals surface area contributed by atoms with Crippen molar-refractivity contribution in [1.29, 1.82) is 0 Å². The number of carbonyl (C=O) groups excluding carboxylic acids is 1. The Morgan fingerprint density at radius 1 is 1.61 bits per heavy atom. The van der Waals surface area contributed by atoms with Gasteiger partial charge in [0.25, 0.3) is 0 Å². The van der Waals surface area contributed by atoms with Crippen molar-refractivity contribution in [2.24, 2.45) is 0 Å². The second-order valence-corrected chi connectivity index (χ2v) is 4.73. The minimum absolute atomic E-state index is 0.0819. The number of esters is 1. The second-order valence-electron chi connectivity index (χ2n) is 4.73. The zero-order chi connectivity index (χ0) is 12.4. The molecule has 3 rings (SSSR count). The van der Waals surface area contributed by atoms with Crippen LogP contribution < -0.4 is 5.32 Å². The molecule has 2 atom stereocenters. The van der Waals surface area contributed by atoms with Crippen molar-refractivity contribution in [3.05, 3.63) is 17.7 Å². The number of carbonyl (C=O) groups is 1. The fraction of sp³-hybridized carbons (Fsp3) is 0.667. The van der Waals surface area contributed by atoms with Gasteiger partial charge in [-0.05, 0) is 12.8 Å². The number of ether oxygens (including phenoxy) is 2. The molecule has 0 aliphatic carbocycles. The van der Waals surface area contributed by atoms with E-state index in [1.165, 1.54) is 0 Å². The van der Waals surface area contributed by atoms with E-state index in [-0.39, 0.29) is 18.1 Å². The number of rotatable bonds is 3. The van der Waals surface area contributed by atoms with E-state index in [0.29, 0.717) is 19.6 Å². The molecule has 1 aromatic heterocycles. The van der Waals surface area contributed by atoms with E-state index < -0.39 is 0 Å². The summed E-state index contributed by atoms with van der Waals surface area (Å²) in [6.07, 6.45) is 4.36. The summed E-state index contributed by atoms with van der Waals surface area (Å²) >= 11 is 0. The molecule has 1 aromatic rings. The van der Waals surface area contributed by atoms with Crippen LogP contribution in [0.4, 0.5) is 0 Å². The molecule has 1 saturated heterocycles. The molecule has 6 nitrogen and oxygen atoms in total. The zero-order valence-corrected chi connectivity index (χ0v) is 10.1. The Kier molecular flexibility index (Phi) is 3.29. The van der Waals surface area contributed by atoms with Crippen molar-refractivity contribution in [3.8, 4) is 0 Å². The van der Waals surface area contributed by atoms with E-state index in [0.717, 1.165) is 30.8 Å². The quantitative estimate of drug-likeness (QED) is 0.748. The van der Waals surface area contributed by atoms with Crippen LogP contribution in [-0.4, -0.2) is 41.3 Å². The first-order chi connectivity index (χ1) is 8.83. The van der Waals surface area contributed by atoms with Crippen molar-refractivity contribution < 1.29 is 14.3 Å². The van der Waals surface area contributed by atoms with Gasteiger partial charge in [-0.2, -0.15) is 0 Å². The molecule has 2 aliphatic heterocycles. The van der Waals surface area contributed by atoms with E-state index in [1.54, 1.807) is 6.33 Å². The van der Waals surface area contributed by atoms with Crippen LogP contribution in [0.5, 0.6) is 0 Å². The lowest BCUT2D eigenvalue weighted by molar-refractivity contribution is -0.149. The number of hydrogen-bond donors (Lipinski definition) is 2. The first kappa shape index (κ1) is 11.7. The Bertz CT molecular complexity index is 426. The maximum Gasteiger partial charge on any atom is 0.323 e. The summed E-state index contributed by atoms with van der Waals surface area (Å²) < 4.78 is 10.7. The van der Waals surface area contributed by atoms with Crippen molar-refractivity contribution in [3.63, 3.8) is 0 Å². The maximum atomic E-state index is 11.9. The Balaban J connectivity index is 1.51. The van der Waals surface area contributed by atoms with Crippen LogP contribution in [0.15, 0.2) is 6.33 Å². The Morgan fingerprint density at radius 3 is 3.39 bits per heavy atom. The minimum Gasteiger partial charge on any atom is -0.462 e. The van der Waals surface area contributed by atoms with Gasteiger partial charge in [-0.1, -0.05) is 0 Å². The highest BCUT2D eigenvalue weighted by Crippen LogP contribution is 2.15. The van der Waals surface area contributed by atoms with E-state index in [9.17, 15) is 4.79 Å². The summed E-state index contributed by atoms with van der Waals surface area (Å²) in [5.74, 6) is -0.209. The van der Waals surface area contributed by atoms with Crippen LogP contribution in [0.3, 0.4) is 0 Å². The normalized spacial score (nSPS) is 26.9. The maximum absolute atomic E-state index is 11.9. The van der Waals surface area contributed by atoms with Crippen molar-refractivity contribution in [2.75, 3.05) is 13.2 Å². The first-order valence-electron chi connectivity index (χ1n) is 6.35. The van der Waals surface area contributed by atoms with Gasteiger partial charge in [-0.25, -0.2) is 4.98 Å². The fourth-order valence-corrected chi connectivity index (χ4v) is 2.39. The molecule has 98 valence electrons. The third-order valence-electron chi connectivity index (χ3n) is 3.45. The second kappa shape index (κ2) is 5.07. The minimum atomic E-state index is -0.290. The number of hydrogen-bond acceptors (Lipinski definition) is 5. The van der Waals surface area contributed by atoms with E-state index >= 15 is 0 Å². The number of aromatic amines is 1. The summed E-state index contributed by atoms with van der Waals surface area (Å²) in [5, 5.41) is 3.15. The molecule has 2 aliphatic rings. The van der Waals surface area contributed by atoms with Crippen LogP contribution in [0.25, 0.3) is 0 Å². The van der Waals surface area contributed by atoms with Gasteiger partial charge in [0, 0.05) is 19.6 Å². The average molecular weight is 251 g/mol. The lowest BCUT2D eigenvalue weighted by Crippen LogP contribution is -2.43. The standard InChI is InChI=1S/C12H17N3O3/c16-12(18-6-8-2-1-3-17-8)10-4-9-11(5-13-10)15-7-14-9/h7-8,10,13H,1-6H2,(H,14,15). The molecule has 0 aromatic carbocycles. The lowest BCUT2D eigenvalue weighted by atomic mass is 10.1. The molecule has 0 spiro atoms. The highest BCUT2D eigenvalue weighted by atomic mass is 16.6. The molecule has 0 bridgehead atoms. The largest absolute Gasteiger partial charge is 0.462 e. The molecular formula is C12H17N3O3. The van der Waals surface area contributed by atoms with Crippen LogP contribution >= 0.6 is 0 Å². The van der Waals surface area contributed by atoms with Crippen LogP contribution in [-0.2, 0) is 27.2 Å². The molecule has 0 saturated carbocycles. The fourth-order valence-electron chi connectivity index (χ4n) is 2.39. The van der Waals surface area contributed by atoms with Crippen molar-refractivity contribution in [1.82, 2.24) is 15.3 Å². The van der Waals surface area contributed by atoms with E-state index in [1.807, 2.05) is 0 Å². The third-order valence-corrected chi connectivity index (χ3v) is 3.45. The van der Waals surface area contributed by atoms with Crippen molar-refractivity contribution >= 4 is 5.97 Å². The topological polar surface area (TPSA) is 76.2 Å². The average Bonchev–Trinajstić information content (AvgIpc) is 3.05. The molecule has 0 amide bonds. The van der Waals surface area contributed by atoms with Crippen LogP contribution in [0.1, 0.15) is 24.2 Å². The summed E-state index contributed by atoms with van der Waals surface area (Å²) in [7, 11) is 0. The smallest absolute Gasteiger partial charge is 0.323 e. The van der Waals surface area contributed by atoms with Gasteiger partial charge >= 0.3 is 5.97 Å². The van der Waals surface area contributed by atoms with Crippen LogP contribution in [0.2, 0.25) is 0 Å². The molecular weight excluding hydrogens is 234 g/mol. The molecule has 0 radical (unpaired) electrons. The number of imidazole rings is 1. The highest BCUT2D eigenvalue weighted by molar-refractivity contribution is 5.76. The molecule has 2 N–H and O–H groups in total. The van der Waals surface area contributed by atoms with Crippen LogP contribution in [0, 0.1) is 0 Å². The number of aromatic nitrogens is 2. The van der Waals surface area contributed by atoms with Gasteiger partial charge in [-0.15, -0.1) is 0 Å². The monoisotopic (exact) mass is 251 g/mol. The number of nitrogens with one attached hydrogen (secondary N) is 2. The van der Waals surface area contributed by atoms with Gasteiger partial charge in [-0.3, -0.25) is 10.1 Å². The number of H-pyrrole nitrogens is 1.